The molecule has 2 heterocycles. The molecule has 2 rings (SSSR count). The first kappa shape index (κ1) is 11.8. The highest BCUT2D eigenvalue weighted by atomic mass is 16.6. The first-order chi connectivity index (χ1) is 8.20. The number of piperidine rings is 1. The lowest BCUT2D eigenvalue weighted by molar-refractivity contribution is -0.388. The number of anilines is 1. The zero-order valence-corrected chi connectivity index (χ0v) is 9.85. The van der Waals surface area contributed by atoms with Crippen LogP contribution in [0, 0.1) is 10.1 Å². The van der Waals surface area contributed by atoms with Gasteiger partial charge in [-0.1, -0.05) is 12.0 Å². The molecule has 7 heteroatoms. The number of nitrogens with zero attached hydrogens (tertiary/aromatic N) is 3. The molecule has 0 aliphatic carbocycles. The number of likely N-dealkylation sites (tertiary alicyclic amines) is 1. The highest BCUT2D eigenvalue weighted by Crippen LogP contribution is 2.23. The molecule has 1 aromatic rings. The fourth-order valence-corrected chi connectivity index (χ4v) is 2.14. The monoisotopic (exact) mass is 239 g/mol. The Morgan fingerprint density at radius 3 is 2.94 bits per heavy atom. The highest BCUT2D eigenvalue weighted by molar-refractivity contribution is 5.56. The van der Waals surface area contributed by atoms with E-state index in [1.807, 2.05) is 0 Å². The standard InChI is InChI=1S/C10H17N5O2/c1-2-14-5-3-8(4-6-14)12-9-7-11-13-10(9)15(16)17/h7-8,12H,2-6H2,1H3,(H,11,13). The molecular weight excluding hydrogens is 222 g/mol. The number of nitro groups is 1. The van der Waals surface area contributed by atoms with E-state index >= 15 is 0 Å². The Bertz CT molecular complexity index is 384. The van der Waals surface area contributed by atoms with Crippen molar-refractivity contribution >= 4 is 11.5 Å². The van der Waals surface area contributed by atoms with E-state index in [2.05, 4.69) is 27.3 Å². The summed E-state index contributed by atoms with van der Waals surface area (Å²) in [6, 6.07) is 0.300. The Morgan fingerprint density at radius 2 is 2.35 bits per heavy atom. The smallest absolute Gasteiger partial charge is 0.366 e. The van der Waals surface area contributed by atoms with Gasteiger partial charge in [0, 0.05) is 19.1 Å². The van der Waals surface area contributed by atoms with Gasteiger partial charge in [0.25, 0.3) is 0 Å². The Hall–Kier alpha value is -1.63. The SMILES string of the molecule is CCN1CCC(Nc2cn[nH]c2[N+](=O)[O-])CC1. The van der Waals surface area contributed by atoms with E-state index < -0.39 is 4.92 Å². The van der Waals surface area contributed by atoms with Crippen LogP contribution in [0.15, 0.2) is 6.20 Å². The van der Waals surface area contributed by atoms with Gasteiger partial charge in [-0.05, 0) is 24.3 Å². The van der Waals surface area contributed by atoms with Crippen LogP contribution in [-0.4, -0.2) is 45.7 Å². The first-order valence-electron chi connectivity index (χ1n) is 5.87. The molecule has 1 aliphatic rings. The molecule has 1 fully saturated rings. The van der Waals surface area contributed by atoms with E-state index in [1.165, 1.54) is 6.20 Å². The van der Waals surface area contributed by atoms with E-state index in [9.17, 15) is 10.1 Å². The van der Waals surface area contributed by atoms with Crippen LogP contribution in [0.4, 0.5) is 11.5 Å². The summed E-state index contributed by atoms with van der Waals surface area (Å²) in [7, 11) is 0. The fourth-order valence-electron chi connectivity index (χ4n) is 2.14. The van der Waals surface area contributed by atoms with Crippen molar-refractivity contribution in [3.05, 3.63) is 16.3 Å². The largest absolute Gasteiger partial charge is 0.374 e. The molecule has 1 aliphatic heterocycles. The maximum atomic E-state index is 10.7. The van der Waals surface area contributed by atoms with Gasteiger partial charge in [-0.2, -0.15) is 0 Å². The minimum absolute atomic E-state index is 0.0529. The normalized spacial score (nSPS) is 18.2. The van der Waals surface area contributed by atoms with Gasteiger partial charge in [0.15, 0.2) is 5.69 Å². The van der Waals surface area contributed by atoms with Gasteiger partial charge in [0.2, 0.25) is 0 Å². The number of rotatable bonds is 4. The van der Waals surface area contributed by atoms with Gasteiger partial charge < -0.3 is 20.3 Å². The van der Waals surface area contributed by atoms with Crippen molar-refractivity contribution in [1.82, 2.24) is 15.1 Å². The summed E-state index contributed by atoms with van der Waals surface area (Å²) >= 11 is 0. The van der Waals surface area contributed by atoms with Crippen molar-refractivity contribution in [2.45, 2.75) is 25.8 Å². The Kier molecular flexibility index (Phi) is 3.58. The molecule has 0 aromatic carbocycles. The van der Waals surface area contributed by atoms with Crippen LogP contribution >= 0.6 is 0 Å². The van der Waals surface area contributed by atoms with Gasteiger partial charge in [0.1, 0.15) is 6.20 Å². The van der Waals surface area contributed by atoms with Crippen LogP contribution in [0.1, 0.15) is 19.8 Å². The molecule has 94 valence electrons. The molecule has 0 unspecified atom stereocenters. The van der Waals surface area contributed by atoms with Gasteiger partial charge in [0.05, 0.1) is 0 Å². The molecular formula is C10H17N5O2. The summed E-state index contributed by atoms with van der Waals surface area (Å²) < 4.78 is 0. The quantitative estimate of drug-likeness (QED) is 0.609. The van der Waals surface area contributed by atoms with Crippen molar-refractivity contribution in [2.75, 3.05) is 25.0 Å². The molecule has 0 radical (unpaired) electrons. The number of nitrogens with one attached hydrogen (secondary N) is 2. The molecule has 0 atom stereocenters. The number of H-pyrrole nitrogens is 1. The van der Waals surface area contributed by atoms with Crippen LogP contribution in [0.5, 0.6) is 0 Å². The van der Waals surface area contributed by atoms with Crippen molar-refractivity contribution in [2.24, 2.45) is 0 Å². The van der Waals surface area contributed by atoms with Crippen molar-refractivity contribution < 1.29 is 4.92 Å². The van der Waals surface area contributed by atoms with Crippen LogP contribution in [0.25, 0.3) is 0 Å². The van der Waals surface area contributed by atoms with E-state index in [0.717, 1.165) is 32.5 Å². The third-order valence-electron chi connectivity index (χ3n) is 3.20. The fraction of sp³-hybridized carbons (Fsp3) is 0.700. The predicted octanol–water partition coefficient (Wildman–Crippen LogP) is 1.21. The molecule has 0 spiro atoms. The number of aromatic nitrogens is 2. The van der Waals surface area contributed by atoms with E-state index in [-0.39, 0.29) is 5.82 Å². The summed E-state index contributed by atoms with van der Waals surface area (Å²) in [5.41, 5.74) is 0.491. The third kappa shape index (κ3) is 2.73. The van der Waals surface area contributed by atoms with Crippen LogP contribution in [0.2, 0.25) is 0 Å². The van der Waals surface area contributed by atoms with Crippen LogP contribution in [0.3, 0.4) is 0 Å². The Morgan fingerprint density at radius 1 is 1.65 bits per heavy atom. The topological polar surface area (TPSA) is 87.1 Å². The van der Waals surface area contributed by atoms with Crippen molar-refractivity contribution in [3.63, 3.8) is 0 Å². The average molecular weight is 239 g/mol. The zero-order valence-electron chi connectivity index (χ0n) is 9.85. The Balaban J connectivity index is 1.93. The first-order valence-corrected chi connectivity index (χ1v) is 5.87. The molecule has 0 bridgehead atoms. The highest BCUT2D eigenvalue weighted by Gasteiger charge is 2.22. The lowest BCUT2D eigenvalue weighted by Gasteiger charge is -2.31. The molecule has 1 aromatic heterocycles. The molecule has 2 N–H and O–H groups in total. The summed E-state index contributed by atoms with van der Waals surface area (Å²) in [4.78, 5) is 12.6. The molecule has 7 nitrogen and oxygen atoms in total. The molecule has 1 saturated heterocycles. The summed E-state index contributed by atoms with van der Waals surface area (Å²) in [6.45, 7) is 5.30. The summed E-state index contributed by atoms with van der Waals surface area (Å²) in [6.07, 6.45) is 3.50. The van der Waals surface area contributed by atoms with Gasteiger partial charge >= 0.3 is 5.82 Å². The van der Waals surface area contributed by atoms with E-state index in [4.69, 9.17) is 0 Å². The minimum Gasteiger partial charge on any atom is -0.374 e. The molecule has 0 saturated carbocycles. The molecule has 17 heavy (non-hydrogen) atoms. The number of aromatic amines is 1. The van der Waals surface area contributed by atoms with Crippen molar-refractivity contribution in [3.8, 4) is 0 Å². The maximum Gasteiger partial charge on any atom is 0.366 e. The van der Waals surface area contributed by atoms with Gasteiger partial charge in [-0.3, -0.25) is 0 Å². The average Bonchev–Trinajstić information content (AvgIpc) is 2.78. The van der Waals surface area contributed by atoms with E-state index in [1.54, 1.807) is 0 Å². The number of hydrogen-bond acceptors (Lipinski definition) is 5. The van der Waals surface area contributed by atoms with E-state index in [0.29, 0.717) is 11.7 Å². The van der Waals surface area contributed by atoms with Crippen molar-refractivity contribution in [1.29, 1.82) is 0 Å². The Labute approximate surface area is 99.3 Å². The maximum absolute atomic E-state index is 10.7. The summed E-state index contributed by atoms with van der Waals surface area (Å²) in [5, 5.41) is 20.0. The minimum atomic E-state index is -0.448. The molecule has 0 amide bonds. The predicted molar refractivity (Wildman–Crippen MR) is 64.0 cm³/mol. The van der Waals surface area contributed by atoms with Gasteiger partial charge in [-0.25, -0.2) is 0 Å². The van der Waals surface area contributed by atoms with Gasteiger partial charge in [-0.15, -0.1) is 5.10 Å². The second kappa shape index (κ2) is 5.13. The van der Waals surface area contributed by atoms with Crippen LogP contribution < -0.4 is 5.32 Å². The lowest BCUT2D eigenvalue weighted by Crippen LogP contribution is -2.38. The van der Waals surface area contributed by atoms with Crippen LogP contribution in [-0.2, 0) is 0 Å². The zero-order chi connectivity index (χ0) is 12.3. The third-order valence-corrected chi connectivity index (χ3v) is 3.20. The second-order valence-electron chi connectivity index (χ2n) is 4.24. The second-order valence-corrected chi connectivity index (χ2v) is 4.24. The summed E-state index contributed by atoms with van der Waals surface area (Å²) in [5.74, 6) is -0.0529. The lowest BCUT2D eigenvalue weighted by atomic mass is 10.1. The number of hydrogen-bond donors (Lipinski definition) is 2.